The van der Waals surface area contributed by atoms with Gasteiger partial charge in [-0.1, -0.05) is 19.8 Å². The first-order valence-corrected chi connectivity index (χ1v) is 8.41. The van der Waals surface area contributed by atoms with Crippen molar-refractivity contribution < 1.29 is 14.0 Å². The van der Waals surface area contributed by atoms with E-state index < -0.39 is 0 Å². The van der Waals surface area contributed by atoms with Gasteiger partial charge in [0.15, 0.2) is 0 Å². The van der Waals surface area contributed by atoms with Gasteiger partial charge in [-0.05, 0) is 43.0 Å². The number of nitrogens with zero attached hydrogens (tertiary/aromatic N) is 1. The van der Waals surface area contributed by atoms with Crippen LogP contribution in [0.3, 0.4) is 0 Å². The highest BCUT2D eigenvalue weighted by molar-refractivity contribution is 6.00. The molecule has 23 heavy (non-hydrogen) atoms. The van der Waals surface area contributed by atoms with E-state index in [1.54, 1.807) is 17.0 Å². The van der Waals surface area contributed by atoms with Crippen molar-refractivity contribution in [3.05, 3.63) is 30.1 Å². The van der Waals surface area contributed by atoms with Gasteiger partial charge in [0, 0.05) is 24.7 Å². The third kappa shape index (κ3) is 3.54. The highest BCUT2D eigenvalue weighted by atomic mass is 19.1. The smallest absolute Gasteiger partial charge is 0.227 e. The van der Waals surface area contributed by atoms with Gasteiger partial charge in [-0.3, -0.25) is 9.59 Å². The Kier molecular flexibility index (Phi) is 4.64. The molecule has 1 aromatic carbocycles. The Hall–Kier alpha value is -1.91. The summed E-state index contributed by atoms with van der Waals surface area (Å²) in [5.74, 6) is -0.254. The van der Waals surface area contributed by atoms with Crippen molar-refractivity contribution in [3.63, 3.8) is 0 Å². The summed E-state index contributed by atoms with van der Waals surface area (Å²) in [6.07, 6.45) is 4.78. The fraction of sp³-hybridized carbons (Fsp3) is 0.556. The summed E-state index contributed by atoms with van der Waals surface area (Å²) in [5.41, 5.74) is 0.651. The molecule has 4 nitrogen and oxygen atoms in total. The van der Waals surface area contributed by atoms with Crippen LogP contribution in [0.4, 0.5) is 10.1 Å². The van der Waals surface area contributed by atoms with Crippen molar-refractivity contribution in [3.8, 4) is 0 Å². The van der Waals surface area contributed by atoms with Crippen LogP contribution in [0.1, 0.15) is 39.0 Å². The molecule has 2 fully saturated rings. The van der Waals surface area contributed by atoms with Crippen molar-refractivity contribution in [2.24, 2.45) is 11.8 Å². The van der Waals surface area contributed by atoms with E-state index in [1.807, 2.05) is 0 Å². The summed E-state index contributed by atoms with van der Waals surface area (Å²) in [4.78, 5) is 26.2. The largest absolute Gasteiger partial charge is 0.353 e. The SMILES string of the molecule is C[C@@H]1CCCC[C@H]1NC(=O)[C@H]1CC(=O)N(c2ccc(F)cc2)C1. The third-order valence-electron chi connectivity index (χ3n) is 5.07. The van der Waals surface area contributed by atoms with Gasteiger partial charge in [-0.25, -0.2) is 4.39 Å². The molecule has 1 aliphatic heterocycles. The molecule has 0 spiro atoms. The van der Waals surface area contributed by atoms with E-state index in [0.29, 0.717) is 18.2 Å². The number of hydrogen-bond acceptors (Lipinski definition) is 2. The molecule has 0 unspecified atom stereocenters. The van der Waals surface area contributed by atoms with Gasteiger partial charge in [0.2, 0.25) is 11.8 Å². The molecular weight excluding hydrogens is 295 g/mol. The number of amides is 2. The molecule has 0 bridgehead atoms. The molecule has 2 aliphatic rings. The fourth-order valence-electron chi connectivity index (χ4n) is 3.59. The van der Waals surface area contributed by atoms with Crippen LogP contribution in [0.15, 0.2) is 24.3 Å². The standard InChI is InChI=1S/C18H23FN2O2/c1-12-4-2-3-5-16(12)20-18(23)13-10-17(22)21(11-13)15-8-6-14(19)7-9-15/h6-9,12-13,16H,2-5,10-11H2,1H3,(H,20,23)/t12-,13+,16-/m1/s1. The number of rotatable bonds is 3. The van der Waals surface area contributed by atoms with Gasteiger partial charge in [0.25, 0.3) is 0 Å². The number of halogens is 1. The van der Waals surface area contributed by atoms with E-state index >= 15 is 0 Å². The lowest BCUT2D eigenvalue weighted by molar-refractivity contribution is -0.127. The highest BCUT2D eigenvalue weighted by Crippen LogP contribution is 2.27. The summed E-state index contributed by atoms with van der Waals surface area (Å²) in [6, 6.07) is 6.05. The van der Waals surface area contributed by atoms with E-state index in [4.69, 9.17) is 0 Å². The Morgan fingerprint density at radius 2 is 1.91 bits per heavy atom. The zero-order valence-corrected chi connectivity index (χ0v) is 13.4. The Labute approximate surface area is 136 Å². The lowest BCUT2D eigenvalue weighted by Gasteiger charge is -2.30. The van der Waals surface area contributed by atoms with Crippen LogP contribution in [-0.4, -0.2) is 24.4 Å². The van der Waals surface area contributed by atoms with Crippen molar-refractivity contribution in [1.82, 2.24) is 5.32 Å². The Bertz CT molecular complexity index is 587. The van der Waals surface area contributed by atoms with Gasteiger partial charge in [-0.2, -0.15) is 0 Å². The average molecular weight is 318 g/mol. The van der Waals surface area contributed by atoms with Gasteiger partial charge >= 0.3 is 0 Å². The van der Waals surface area contributed by atoms with Crippen LogP contribution in [-0.2, 0) is 9.59 Å². The minimum atomic E-state index is -0.332. The lowest BCUT2D eigenvalue weighted by Crippen LogP contribution is -2.44. The Morgan fingerprint density at radius 1 is 1.22 bits per heavy atom. The van der Waals surface area contributed by atoms with Crippen molar-refractivity contribution in [1.29, 1.82) is 0 Å². The van der Waals surface area contributed by atoms with Crippen molar-refractivity contribution in [2.75, 3.05) is 11.4 Å². The summed E-state index contributed by atoms with van der Waals surface area (Å²) < 4.78 is 13.0. The summed E-state index contributed by atoms with van der Waals surface area (Å²) in [6.45, 7) is 2.55. The zero-order chi connectivity index (χ0) is 16.4. The number of carbonyl (C=O) groups excluding carboxylic acids is 2. The number of hydrogen-bond donors (Lipinski definition) is 1. The lowest BCUT2D eigenvalue weighted by atomic mass is 9.85. The second kappa shape index (κ2) is 6.69. The molecule has 1 saturated carbocycles. The zero-order valence-electron chi connectivity index (χ0n) is 13.4. The first-order chi connectivity index (χ1) is 11.0. The van der Waals surface area contributed by atoms with Crippen LogP contribution in [0.5, 0.6) is 0 Å². The maximum atomic E-state index is 13.0. The molecular formula is C18H23FN2O2. The number of anilines is 1. The quantitative estimate of drug-likeness (QED) is 0.931. The van der Waals surface area contributed by atoms with E-state index in [-0.39, 0.29) is 36.0 Å². The monoisotopic (exact) mass is 318 g/mol. The highest BCUT2D eigenvalue weighted by Gasteiger charge is 2.36. The van der Waals surface area contributed by atoms with Gasteiger partial charge in [0.05, 0.1) is 5.92 Å². The normalized spacial score (nSPS) is 28.0. The molecule has 3 rings (SSSR count). The Balaban J connectivity index is 1.62. The minimum absolute atomic E-state index is 0.0262. The number of nitrogens with one attached hydrogen (secondary N) is 1. The van der Waals surface area contributed by atoms with Gasteiger partial charge in [0.1, 0.15) is 5.82 Å². The molecule has 0 radical (unpaired) electrons. The van der Waals surface area contributed by atoms with E-state index in [9.17, 15) is 14.0 Å². The van der Waals surface area contributed by atoms with Crippen LogP contribution < -0.4 is 10.2 Å². The second-order valence-corrected chi connectivity index (χ2v) is 6.76. The fourth-order valence-corrected chi connectivity index (χ4v) is 3.59. The number of carbonyl (C=O) groups is 2. The molecule has 3 atom stereocenters. The molecule has 124 valence electrons. The average Bonchev–Trinajstić information content (AvgIpc) is 2.92. The first kappa shape index (κ1) is 16.0. The first-order valence-electron chi connectivity index (χ1n) is 8.41. The summed E-state index contributed by atoms with van der Waals surface area (Å²) >= 11 is 0. The molecule has 5 heteroatoms. The van der Waals surface area contributed by atoms with Crippen LogP contribution in [0.2, 0.25) is 0 Å². The maximum Gasteiger partial charge on any atom is 0.227 e. The molecule has 1 saturated heterocycles. The minimum Gasteiger partial charge on any atom is -0.353 e. The van der Waals surface area contributed by atoms with Crippen LogP contribution in [0, 0.1) is 17.7 Å². The third-order valence-corrected chi connectivity index (χ3v) is 5.07. The van der Waals surface area contributed by atoms with E-state index in [2.05, 4.69) is 12.2 Å². The topological polar surface area (TPSA) is 49.4 Å². The van der Waals surface area contributed by atoms with Gasteiger partial charge < -0.3 is 10.2 Å². The van der Waals surface area contributed by atoms with E-state index in [1.165, 1.54) is 18.6 Å². The molecule has 1 N–H and O–H groups in total. The second-order valence-electron chi connectivity index (χ2n) is 6.76. The molecule has 1 aromatic rings. The van der Waals surface area contributed by atoms with Gasteiger partial charge in [-0.15, -0.1) is 0 Å². The Morgan fingerprint density at radius 3 is 2.61 bits per heavy atom. The molecule has 2 amide bonds. The molecule has 1 heterocycles. The summed E-state index contributed by atoms with van der Waals surface area (Å²) in [5, 5.41) is 3.13. The maximum absolute atomic E-state index is 13.0. The van der Waals surface area contributed by atoms with Crippen molar-refractivity contribution >= 4 is 17.5 Å². The van der Waals surface area contributed by atoms with Crippen LogP contribution >= 0.6 is 0 Å². The van der Waals surface area contributed by atoms with Crippen molar-refractivity contribution in [2.45, 2.75) is 45.1 Å². The molecule has 1 aliphatic carbocycles. The van der Waals surface area contributed by atoms with E-state index in [0.717, 1.165) is 19.3 Å². The predicted molar refractivity (Wildman–Crippen MR) is 86.4 cm³/mol. The number of benzene rings is 1. The molecule has 0 aromatic heterocycles. The predicted octanol–water partition coefficient (Wildman–Crippen LogP) is 2.87. The summed E-state index contributed by atoms with van der Waals surface area (Å²) in [7, 11) is 0. The van der Waals surface area contributed by atoms with Crippen LogP contribution in [0.25, 0.3) is 0 Å².